The summed E-state index contributed by atoms with van der Waals surface area (Å²) in [4.78, 5) is 38.3. The topological polar surface area (TPSA) is 78.9 Å². The van der Waals surface area contributed by atoms with Gasteiger partial charge < -0.3 is 14.2 Å². The maximum Gasteiger partial charge on any atom is 0.306 e. The van der Waals surface area contributed by atoms with E-state index in [0.29, 0.717) is 12.8 Å². The lowest BCUT2D eigenvalue weighted by molar-refractivity contribution is -0.167. The molecule has 0 aromatic rings. The van der Waals surface area contributed by atoms with Crippen LogP contribution in [0.5, 0.6) is 0 Å². The Bertz CT molecular complexity index is 1890. The maximum absolute atomic E-state index is 12.9. The van der Waals surface area contributed by atoms with E-state index in [4.69, 9.17) is 14.2 Å². The lowest BCUT2D eigenvalue weighted by atomic mass is 10.1. The van der Waals surface area contributed by atoms with Crippen LogP contribution in [-0.4, -0.2) is 37.2 Å². The second kappa shape index (κ2) is 69.3. The fraction of sp³-hybridized carbons (Fsp3) is 0.597. The van der Waals surface area contributed by atoms with Gasteiger partial charge in [-0.15, -0.1) is 0 Å². The van der Waals surface area contributed by atoms with Gasteiger partial charge in [-0.3, -0.25) is 14.4 Å². The average molecular weight is 1140 g/mol. The number of carbonyl (C=O) groups is 3. The minimum atomic E-state index is -0.807. The first kappa shape index (κ1) is 77.8. The maximum atomic E-state index is 12.9. The Kier molecular flexibility index (Phi) is 64.9. The van der Waals surface area contributed by atoms with Gasteiger partial charge in [0.2, 0.25) is 0 Å². The first-order valence-corrected chi connectivity index (χ1v) is 33.6. The van der Waals surface area contributed by atoms with Crippen LogP contribution < -0.4 is 0 Å². The van der Waals surface area contributed by atoms with Crippen LogP contribution in [0.1, 0.15) is 278 Å². The van der Waals surface area contributed by atoms with Crippen LogP contribution in [0.4, 0.5) is 0 Å². The van der Waals surface area contributed by atoms with Crippen LogP contribution in [0.25, 0.3) is 0 Å². The van der Waals surface area contributed by atoms with Crippen LogP contribution in [0.15, 0.2) is 170 Å². The van der Waals surface area contributed by atoms with Gasteiger partial charge in [-0.05, 0) is 148 Å². The number of hydrogen-bond acceptors (Lipinski definition) is 6. The Morgan fingerprint density at radius 3 is 0.735 bits per heavy atom. The molecule has 0 aliphatic rings. The van der Waals surface area contributed by atoms with Gasteiger partial charge >= 0.3 is 17.9 Å². The molecule has 0 aliphatic carbocycles. The van der Waals surface area contributed by atoms with E-state index in [-0.39, 0.29) is 37.5 Å². The molecule has 1 unspecified atom stereocenters. The fourth-order valence-corrected chi connectivity index (χ4v) is 8.72. The van der Waals surface area contributed by atoms with Crippen molar-refractivity contribution in [3.63, 3.8) is 0 Å². The third-order valence-corrected chi connectivity index (χ3v) is 13.7. The summed E-state index contributed by atoms with van der Waals surface area (Å²) < 4.78 is 16.9. The zero-order valence-corrected chi connectivity index (χ0v) is 53.4. The highest BCUT2D eigenvalue weighted by Gasteiger charge is 2.19. The zero-order chi connectivity index (χ0) is 59.9. The van der Waals surface area contributed by atoms with Gasteiger partial charge in [-0.2, -0.15) is 0 Å². The predicted molar refractivity (Wildman–Crippen MR) is 361 cm³/mol. The van der Waals surface area contributed by atoms with Crippen molar-refractivity contribution in [3.8, 4) is 0 Å². The molecule has 0 aliphatic heterocycles. The monoisotopic (exact) mass is 1140 g/mol. The van der Waals surface area contributed by atoms with Crippen molar-refractivity contribution in [3.05, 3.63) is 170 Å². The molecule has 0 N–H and O–H groups in total. The van der Waals surface area contributed by atoms with Crippen molar-refractivity contribution in [1.29, 1.82) is 0 Å². The van der Waals surface area contributed by atoms with E-state index in [9.17, 15) is 14.4 Å². The summed E-state index contributed by atoms with van der Waals surface area (Å²) in [6, 6.07) is 0. The van der Waals surface area contributed by atoms with Crippen LogP contribution in [0.3, 0.4) is 0 Å². The standard InChI is InChI=1S/C77H122O6/c1-4-7-10-13-16-19-22-25-27-29-30-31-32-33-34-35-36-37-38-39-40-41-42-43-44-45-46-48-49-52-55-58-61-64-67-70-76(79)82-73-74(72-81-75(78)69-66-63-60-57-54-51-24-21-18-15-12-9-6-3)83-77(80)71-68-65-62-59-56-53-50-47-28-26-23-20-17-14-11-8-5-2/h7-8,10-12,15-17,19-21,24-28,30-31,33-34,36-37,39-40,42-43,50,53,74H,4-6,9,13-14,18,22-23,29,32,35,38,41,44-49,51-52,54-73H2,1-3H3/b10-7-,11-8-,15-12-,19-16-,20-17-,24-21-,27-25-,28-26-,31-30-,34-33-,37-36-,40-39-,43-42-,53-50-. The van der Waals surface area contributed by atoms with Crippen molar-refractivity contribution in [2.45, 2.75) is 284 Å². The van der Waals surface area contributed by atoms with Gasteiger partial charge in [-0.25, -0.2) is 0 Å². The van der Waals surface area contributed by atoms with Crippen molar-refractivity contribution < 1.29 is 28.6 Å². The fourth-order valence-electron chi connectivity index (χ4n) is 8.72. The first-order valence-electron chi connectivity index (χ1n) is 33.6. The average Bonchev–Trinajstić information content (AvgIpc) is 3.49. The summed E-state index contributed by atoms with van der Waals surface area (Å²) in [5.74, 6) is -0.946. The minimum absolute atomic E-state index is 0.101. The van der Waals surface area contributed by atoms with Gasteiger partial charge in [0.25, 0.3) is 0 Å². The van der Waals surface area contributed by atoms with Gasteiger partial charge in [0.15, 0.2) is 6.10 Å². The third-order valence-electron chi connectivity index (χ3n) is 13.7. The molecule has 0 fully saturated rings. The third kappa shape index (κ3) is 67.4. The van der Waals surface area contributed by atoms with Crippen LogP contribution >= 0.6 is 0 Å². The Balaban J connectivity index is 4.29. The normalized spacial score (nSPS) is 13.2. The number of esters is 3. The highest BCUT2D eigenvalue weighted by atomic mass is 16.6. The molecule has 0 radical (unpaired) electrons. The van der Waals surface area contributed by atoms with E-state index < -0.39 is 6.10 Å². The Morgan fingerprint density at radius 1 is 0.253 bits per heavy atom. The molecule has 0 amide bonds. The van der Waals surface area contributed by atoms with Gasteiger partial charge in [0.05, 0.1) is 0 Å². The molecule has 0 spiro atoms. The molecule has 0 saturated carbocycles. The van der Waals surface area contributed by atoms with Gasteiger partial charge in [0.1, 0.15) is 13.2 Å². The molecule has 6 heteroatoms. The molecule has 0 heterocycles. The first-order chi connectivity index (χ1) is 41.0. The molecule has 83 heavy (non-hydrogen) atoms. The number of carbonyl (C=O) groups excluding carboxylic acids is 3. The quantitative estimate of drug-likeness (QED) is 0.0261. The summed E-state index contributed by atoms with van der Waals surface area (Å²) >= 11 is 0. The summed E-state index contributed by atoms with van der Waals surface area (Å²) in [7, 11) is 0. The van der Waals surface area contributed by atoms with Crippen LogP contribution in [0, 0.1) is 0 Å². The second-order valence-corrected chi connectivity index (χ2v) is 21.6. The number of hydrogen-bond donors (Lipinski definition) is 0. The van der Waals surface area contributed by atoms with E-state index in [2.05, 4.69) is 191 Å². The van der Waals surface area contributed by atoms with E-state index in [1.54, 1.807) is 0 Å². The summed E-state index contributed by atoms with van der Waals surface area (Å²) in [5, 5.41) is 0. The van der Waals surface area contributed by atoms with Gasteiger partial charge in [0, 0.05) is 19.3 Å². The largest absolute Gasteiger partial charge is 0.462 e. The van der Waals surface area contributed by atoms with Crippen molar-refractivity contribution >= 4 is 17.9 Å². The molecule has 466 valence electrons. The summed E-state index contributed by atoms with van der Waals surface area (Å²) in [6.45, 7) is 6.31. The van der Waals surface area contributed by atoms with Crippen LogP contribution in [-0.2, 0) is 28.6 Å². The number of allylic oxidation sites excluding steroid dienone is 28. The molecule has 1 atom stereocenters. The highest BCUT2D eigenvalue weighted by molar-refractivity contribution is 5.71. The molecule has 0 rings (SSSR count). The molecule has 0 aromatic heterocycles. The summed E-state index contributed by atoms with van der Waals surface area (Å²) in [5.41, 5.74) is 0. The lowest BCUT2D eigenvalue weighted by Gasteiger charge is -2.18. The van der Waals surface area contributed by atoms with E-state index in [1.807, 2.05) is 0 Å². The van der Waals surface area contributed by atoms with E-state index in [0.717, 1.165) is 186 Å². The Hall–Kier alpha value is -5.23. The number of unbranched alkanes of at least 4 members (excludes halogenated alkanes) is 20. The Morgan fingerprint density at radius 2 is 0.470 bits per heavy atom. The zero-order valence-electron chi connectivity index (χ0n) is 53.4. The molecule has 0 bridgehead atoms. The van der Waals surface area contributed by atoms with Crippen molar-refractivity contribution in [1.82, 2.24) is 0 Å². The molecule has 0 aromatic carbocycles. The number of ether oxygens (including phenoxy) is 3. The number of rotatable bonds is 59. The van der Waals surface area contributed by atoms with Crippen LogP contribution in [0.2, 0.25) is 0 Å². The molecular weight excluding hydrogens is 1020 g/mol. The SMILES string of the molecule is CC/C=C\C/C=C\C/C=C\C/C=C\C/C=C\C/C=C\C/C=C\C/C=C\CCCCCCCCCCCCC(=O)OCC(COC(=O)CCCCCCC/C=C\C/C=C\CCC)OC(=O)CCCCCC/C=C\C/C=C\C/C=C\C/C=C\CC. The highest BCUT2D eigenvalue weighted by Crippen LogP contribution is 2.15. The molecule has 6 nitrogen and oxygen atoms in total. The second-order valence-electron chi connectivity index (χ2n) is 21.6. The van der Waals surface area contributed by atoms with E-state index >= 15 is 0 Å². The minimum Gasteiger partial charge on any atom is -0.462 e. The van der Waals surface area contributed by atoms with E-state index in [1.165, 1.54) is 51.4 Å². The van der Waals surface area contributed by atoms with Crippen molar-refractivity contribution in [2.75, 3.05) is 13.2 Å². The van der Waals surface area contributed by atoms with Crippen molar-refractivity contribution in [2.24, 2.45) is 0 Å². The Labute approximate surface area is 511 Å². The molecule has 0 saturated heterocycles. The molecular formula is C77H122O6. The predicted octanol–water partition coefficient (Wildman–Crippen LogP) is 23.4. The smallest absolute Gasteiger partial charge is 0.306 e. The summed E-state index contributed by atoms with van der Waals surface area (Å²) in [6.07, 6.45) is 102. The lowest BCUT2D eigenvalue weighted by Crippen LogP contribution is -2.30. The van der Waals surface area contributed by atoms with Gasteiger partial charge in [-0.1, -0.05) is 281 Å².